The summed E-state index contributed by atoms with van der Waals surface area (Å²) in [4.78, 5) is 25.3. The van der Waals surface area contributed by atoms with Crippen LogP contribution in [-0.2, 0) is 33.6 Å². The Morgan fingerprint density at radius 1 is 1.17 bits per heavy atom. The summed E-state index contributed by atoms with van der Waals surface area (Å²) in [5.74, 6) is -0.319. The summed E-state index contributed by atoms with van der Waals surface area (Å²) >= 11 is 0. The molecule has 4 heteroatoms. The zero-order chi connectivity index (χ0) is 17.0. The fourth-order valence-electron chi connectivity index (χ4n) is 3.72. The van der Waals surface area contributed by atoms with Crippen LogP contribution in [-0.4, -0.2) is 30.4 Å². The van der Waals surface area contributed by atoms with E-state index >= 15 is 0 Å². The van der Waals surface area contributed by atoms with Crippen molar-refractivity contribution in [1.82, 2.24) is 4.90 Å². The van der Waals surface area contributed by atoms with Gasteiger partial charge in [-0.05, 0) is 54.4 Å². The van der Waals surface area contributed by atoms with Crippen molar-refractivity contribution in [2.75, 3.05) is 7.11 Å². The van der Waals surface area contributed by atoms with Crippen LogP contribution >= 0.6 is 0 Å². The average Bonchev–Trinajstić information content (AvgIpc) is 3.02. The second kappa shape index (κ2) is 7.62. The topological polar surface area (TPSA) is 46.6 Å². The molecule has 0 aliphatic carbocycles. The molecule has 0 N–H and O–H groups in total. The second-order valence-electron chi connectivity index (χ2n) is 6.07. The number of carbonyl (C=O) groups is 2. The summed E-state index contributed by atoms with van der Waals surface area (Å²) < 4.78 is 4.86. The number of methoxy groups -OCH3 is 1. The van der Waals surface area contributed by atoms with E-state index in [4.69, 9.17) is 4.74 Å². The number of benzene rings is 1. The van der Waals surface area contributed by atoms with Crippen molar-refractivity contribution in [3.63, 3.8) is 0 Å². The van der Waals surface area contributed by atoms with Crippen LogP contribution in [0, 0.1) is 0 Å². The van der Waals surface area contributed by atoms with Gasteiger partial charge in [-0.3, -0.25) is 4.79 Å². The van der Waals surface area contributed by atoms with Gasteiger partial charge < -0.3 is 9.64 Å². The van der Waals surface area contributed by atoms with Gasteiger partial charge in [-0.25, -0.2) is 4.79 Å². The number of hydrogen-bond acceptors (Lipinski definition) is 3. The molecule has 126 valence electrons. The van der Waals surface area contributed by atoms with E-state index in [1.54, 1.807) is 4.90 Å². The number of hydrogen-bond donors (Lipinski definition) is 0. The molecule has 2 rings (SSSR count). The summed E-state index contributed by atoms with van der Waals surface area (Å²) in [5.41, 5.74) is 5.17. The summed E-state index contributed by atoms with van der Waals surface area (Å²) in [6.45, 7) is 6.46. The molecule has 1 amide bonds. The minimum Gasteiger partial charge on any atom is -0.467 e. The van der Waals surface area contributed by atoms with Gasteiger partial charge >= 0.3 is 5.97 Å². The molecule has 0 saturated carbocycles. The van der Waals surface area contributed by atoms with Gasteiger partial charge in [-0.15, -0.1) is 0 Å². The Morgan fingerprint density at radius 2 is 1.78 bits per heavy atom. The van der Waals surface area contributed by atoms with Gasteiger partial charge in [0.2, 0.25) is 6.41 Å². The maximum Gasteiger partial charge on any atom is 0.328 e. The summed E-state index contributed by atoms with van der Waals surface area (Å²) in [7, 11) is 1.38. The zero-order valence-electron chi connectivity index (χ0n) is 14.6. The number of ether oxygens (including phenoxy) is 1. The van der Waals surface area contributed by atoms with E-state index in [0.29, 0.717) is 6.42 Å². The van der Waals surface area contributed by atoms with E-state index in [-0.39, 0.29) is 12.0 Å². The normalized spacial score (nSPS) is 20.6. The average molecular weight is 317 g/mol. The maximum atomic E-state index is 11.9. The van der Waals surface area contributed by atoms with Crippen molar-refractivity contribution in [1.29, 1.82) is 0 Å². The van der Waals surface area contributed by atoms with Crippen LogP contribution in [0.25, 0.3) is 0 Å². The standard InChI is InChI=1S/C19H27NO3/c1-5-13-10-14(6-2)18(15(7-3)11-13)16-8-9-17(19(22)23-4)20(16)12-21/h10-12,16-17H,5-9H2,1-4H3/t16?,17-/m0/s1. The highest BCUT2D eigenvalue weighted by molar-refractivity contribution is 5.79. The molecule has 1 fully saturated rings. The molecule has 2 atom stereocenters. The van der Waals surface area contributed by atoms with Crippen molar-refractivity contribution < 1.29 is 14.3 Å². The third-order valence-electron chi connectivity index (χ3n) is 4.94. The van der Waals surface area contributed by atoms with Crippen LogP contribution in [0.3, 0.4) is 0 Å². The van der Waals surface area contributed by atoms with E-state index in [0.717, 1.165) is 32.1 Å². The Kier molecular flexibility index (Phi) is 5.80. The van der Waals surface area contributed by atoms with Crippen molar-refractivity contribution >= 4 is 12.4 Å². The number of rotatable bonds is 6. The fraction of sp³-hybridized carbons (Fsp3) is 0.579. The lowest BCUT2D eigenvalue weighted by atomic mass is 9.88. The third-order valence-corrected chi connectivity index (χ3v) is 4.94. The molecule has 0 spiro atoms. The molecule has 0 radical (unpaired) electrons. The van der Waals surface area contributed by atoms with Gasteiger partial charge in [0, 0.05) is 0 Å². The Bertz CT molecular complexity index is 557. The zero-order valence-corrected chi connectivity index (χ0v) is 14.6. The van der Waals surface area contributed by atoms with Crippen LogP contribution < -0.4 is 0 Å². The molecule has 1 aromatic rings. The third kappa shape index (κ3) is 3.26. The predicted molar refractivity (Wildman–Crippen MR) is 90.3 cm³/mol. The van der Waals surface area contributed by atoms with Crippen molar-refractivity contribution in [3.05, 3.63) is 34.4 Å². The molecule has 1 aliphatic rings. The van der Waals surface area contributed by atoms with Crippen molar-refractivity contribution in [2.24, 2.45) is 0 Å². The van der Waals surface area contributed by atoms with Crippen LogP contribution in [0.1, 0.15) is 61.9 Å². The number of nitrogens with zero attached hydrogens (tertiary/aromatic N) is 1. The van der Waals surface area contributed by atoms with Crippen LogP contribution in [0.5, 0.6) is 0 Å². The van der Waals surface area contributed by atoms with Crippen LogP contribution in [0.4, 0.5) is 0 Å². The first-order valence-electron chi connectivity index (χ1n) is 8.56. The molecule has 23 heavy (non-hydrogen) atoms. The van der Waals surface area contributed by atoms with Gasteiger partial charge in [0.15, 0.2) is 0 Å². The molecule has 1 aromatic carbocycles. The Hall–Kier alpha value is -1.84. The number of amides is 1. The second-order valence-corrected chi connectivity index (χ2v) is 6.07. The minimum atomic E-state index is -0.456. The van der Waals surface area contributed by atoms with Gasteiger partial charge in [0.1, 0.15) is 6.04 Å². The molecule has 4 nitrogen and oxygen atoms in total. The molecular weight excluding hydrogens is 290 g/mol. The van der Waals surface area contributed by atoms with E-state index in [1.807, 2.05) is 0 Å². The monoisotopic (exact) mass is 317 g/mol. The molecule has 1 heterocycles. The largest absolute Gasteiger partial charge is 0.467 e. The fourth-order valence-corrected chi connectivity index (χ4v) is 3.72. The van der Waals surface area contributed by atoms with Crippen molar-refractivity contribution in [2.45, 2.75) is 65.0 Å². The Morgan fingerprint density at radius 3 is 2.22 bits per heavy atom. The number of esters is 1. The maximum absolute atomic E-state index is 11.9. The van der Waals surface area contributed by atoms with E-state index in [2.05, 4.69) is 32.9 Å². The Balaban J connectivity index is 2.48. The lowest BCUT2D eigenvalue weighted by Gasteiger charge is -2.28. The highest BCUT2D eigenvalue weighted by atomic mass is 16.5. The number of aryl methyl sites for hydroxylation is 3. The first kappa shape index (κ1) is 17.5. The molecule has 0 bridgehead atoms. The van der Waals surface area contributed by atoms with E-state index in [1.165, 1.54) is 29.4 Å². The van der Waals surface area contributed by atoms with E-state index in [9.17, 15) is 9.59 Å². The minimum absolute atomic E-state index is 0.0209. The van der Waals surface area contributed by atoms with Gasteiger partial charge in [0.25, 0.3) is 0 Å². The highest BCUT2D eigenvalue weighted by Crippen LogP contribution is 2.39. The molecular formula is C19H27NO3. The lowest BCUT2D eigenvalue weighted by Crippen LogP contribution is -2.37. The van der Waals surface area contributed by atoms with Gasteiger partial charge in [-0.2, -0.15) is 0 Å². The van der Waals surface area contributed by atoms with Crippen molar-refractivity contribution in [3.8, 4) is 0 Å². The smallest absolute Gasteiger partial charge is 0.328 e. The highest BCUT2D eigenvalue weighted by Gasteiger charge is 2.39. The van der Waals surface area contributed by atoms with Crippen LogP contribution in [0.2, 0.25) is 0 Å². The summed E-state index contributed by atoms with van der Waals surface area (Å²) in [5, 5.41) is 0. The quantitative estimate of drug-likeness (QED) is 0.598. The molecule has 1 saturated heterocycles. The van der Waals surface area contributed by atoms with Gasteiger partial charge in [0.05, 0.1) is 13.2 Å². The number of carbonyl (C=O) groups excluding carboxylic acids is 2. The van der Waals surface area contributed by atoms with Crippen LogP contribution in [0.15, 0.2) is 12.1 Å². The first-order chi connectivity index (χ1) is 11.1. The molecule has 0 aromatic heterocycles. The summed E-state index contributed by atoms with van der Waals surface area (Å²) in [6, 6.07) is 4.03. The molecule has 1 unspecified atom stereocenters. The SMILES string of the molecule is CCc1cc(CC)c(C2CC[C@@H](C(=O)OC)N2C=O)c(CC)c1. The number of likely N-dealkylation sites (tertiary alicyclic amines) is 1. The van der Waals surface area contributed by atoms with E-state index < -0.39 is 6.04 Å². The summed E-state index contributed by atoms with van der Waals surface area (Å²) in [6.07, 6.45) is 5.16. The predicted octanol–water partition coefficient (Wildman–Crippen LogP) is 3.21. The first-order valence-corrected chi connectivity index (χ1v) is 8.56. The van der Waals surface area contributed by atoms with Gasteiger partial charge in [-0.1, -0.05) is 32.9 Å². The lowest BCUT2D eigenvalue weighted by molar-refractivity contribution is -0.148. The molecule has 1 aliphatic heterocycles. The Labute approximate surface area is 138 Å².